The van der Waals surface area contributed by atoms with Crippen LogP contribution in [-0.4, -0.2) is 52.9 Å². The Morgan fingerprint density at radius 3 is 2.58 bits per heavy atom. The van der Waals surface area contributed by atoms with Gasteiger partial charge in [0.15, 0.2) is 5.82 Å². The van der Waals surface area contributed by atoms with E-state index in [1.807, 2.05) is 30.6 Å². The molecule has 0 N–H and O–H groups in total. The van der Waals surface area contributed by atoms with Crippen LogP contribution in [0.3, 0.4) is 0 Å². The summed E-state index contributed by atoms with van der Waals surface area (Å²) in [7, 11) is 4.33. The number of aryl methyl sites for hydroxylation is 1. The zero-order chi connectivity index (χ0) is 25.7. The lowest BCUT2D eigenvalue weighted by Gasteiger charge is -2.23. The summed E-state index contributed by atoms with van der Waals surface area (Å²) in [6.45, 7) is 8.57. The van der Waals surface area contributed by atoms with Crippen molar-refractivity contribution in [1.82, 2.24) is 19.7 Å². The van der Waals surface area contributed by atoms with Crippen molar-refractivity contribution in [3.63, 3.8) is 0 Å². The van der Waals surface area contributed by atoms with E-state index in [0.717, 1.165) is 54.2 Å². The molecule has 1 fully saturated rings. The second-order valence-electron chi connectivity index (χ2n) is 9.63. The van der Waals surface area contributed by atoms with Crippen LogP contribution in [-0.2, 0) is 6.42 Å². The van der Waals surface area contributed by atoms with Crippen LogP contribution in [0.2, 0.25) is 0 Å². The van der Waals surface area contributed by atoms with Gasteiger partial charge in [0.2, 0.25) is 0 Å². The highest BCUT2D eigenvalue weighted by molar-refractivity contribution is 5.82. The molecule has 1 aliphatic rings. The molecule has 3 aromatic rings. The maximum absolute atomic E-state index is 9.14. The minimum Gasteiger partial charge on any atom is -0.370 e. The van der Waals surface area contributed by atoms with Gasteiger partial charge in [0.1, 0.15) is 6.33 Å². The lowest BCUT2D eigenvalue weighted by molar-refractivity contribution is 0.315. The number of hydrogen-bond donors (Lipinski definition) is 0. The second kappa shape index (κ2) is 11.4. The summed E-state index contributed by atoms with van der Waals surface area (Å²) >= 11 is 0. The molecule has 4 rings (SSSR count). The van der Waals surface area contributed by atoms with Gasteiger partial charge in [-0.1, -0.05) is 32.1 Å². The Balaban J connectivity index is 1.65. The van der Waals surface area contributed by atoms with Crippen molar-refractivity contribution >= 4 is 16.8 Å². The topological polar surface area (TPSA) is 61.0 Å². The third kappa shape index (κ3) is 5.42. The van der Waals surface area contributed by atoms with Gasteiger partial charge in [0.05, 0.1) is 17.3 Å². The van der Waals surface area contributed by atoms with Crippen LogP contribution in [0.1, 0.15) is 56.1 Å². The number of aromatic nitrogens is 3. The predicted octanol–water partition coefficient (Wildman–Crippen LogP) is 5.74. The molecular weight excluding hydrogens is 444 g/mol. The summed E-state index contributed by atoms with van der Waals surface area (Å²) in [6.07, 6.45) is 9.22. The van der Waals surface area contributed by atoms with Crippen LogP contribution >= 0.6 is 0 Å². The number of benzene rings is 2. The Bertz CT molecular complexity index is 1290. The fourth-order valence-electron chi connectivity index (χ4n) is 4.88. The van der Waals surface area contributed by atoms with Crippen LogP contribution in [0.5, 0.6) is 0 Å². The molecule has 1 aliphatic heterocycles. The highest BCUT2D eigenvalue weighted by Gasteiger charge is 2.24. The van der Waals surface area contributed by atoms with Gasteiger partial charge in [-0.3, -0.25) is 4.57 Å². The van der Waals surface area contributed by atoms with E-state index in [-0.39, 0.29) is 0 Å². The first-order chi connectivity index (χ1) is 17.4. The van der Waals surface area contributed by atoms with Crippen molar-refractivity contribution in [3.8, 4) is 11.8 Å². The van der Waals surface area contributed by atoms with Crippen molar-refractivity contribution in [3.05, 3.63) is 83.5 Å². The fraction of sp³-hybridized carbons (Fsp3) is 0.367. The van der Waals surface area contributed by atoms with E-state index < -0.39 is 0 Å². The van der Waals surface area contributed by atoms with E-state index in [1.54, 1.807) is 0 Å². The van der Waals surface area contributed by atoms with Gasteiger partial charge >= 0.3 is 0 Å². The molecule has 2 heterocycles. The number of rotatable bonds is 8. The number of allylic oxidation sites excluding steroid dienone is 4. The van der Waals surface area contributed by atoms with Gasteiger partial charge < -0.3 is 9.80 Å². The van der Waals surface area contributed by atoms with E-state index in [4.69, 9.17) is 5.26 Å². The summed E-state index contributed by atoms with van der Waals surface area (Å²) in [5.41, 5.74) is 7.59. The lowest BCUT2D eigenvalue weighted by atomic mass is 10.0. The Morgan fingerprint density at radius 1 is 1.17 bits per heavy atom. The molecule has 6 heteroatoms. The summed E-state index contributed by atoms with van der Waals surface area (Å²) in [6, 6.07) is 17.3. The first-order valence-electron chi connectivity index (χ1n) is 12.8. The van der Waals surface area contributed by atoms with Crippen LogP contribution < -0.4 is 4.90 Å². The number of nitrogens with zero attached hydrogens (tertiary/aromatic N) is 6. The average Bonchev–Trinajstić information content (AvgIpc) is 3.59. The number of anilines is 1. The Kier molecular flexibility index (Phi) is 8.02. The molecule has 36 heavy (non-hydrogen) atoms. The summed E-state index contributed by atoms with van der Waals surface area (Å²) < 4.78 is 2.10. The van der Waals surface area contributed by atoms with Crippen molar-refractivity contribution in [1.29, 1.82) is 5.26 Å². The molecule has 6 nitrogen and oxygen atoms in total. The first kappa shape index (κ1) is 25.4. The summed E-state index contributed by atoms with van der Waals surface area (Å²) in [4.78, 5) is 4.82. The zero-order valence-electron chi connectivity index (χ0n) is 22.1. The van der Waals surface area contributed by atoms with Crippen molar-refractivity contribution in [2.45, 2.75) is 46.1 Å². The third-order valence-corrected chi connectivity index (χ3v) is 7.01. The van der Waals surface area contributed by atoms with Crippen LogP contribution in [0.15, 0.2) is 60.9 Å². The van der Waals surface area contributed by atoms with E-state index in [1.165, 1.54) is 17.7 Å². The molecular formula is C30H36N6. The highest BCUT2D eigenvalue weighted by Crippen LogP contribution is 2.29. The Labute approximate surface area is 215 Å². The predicted molar refractivity (Wildman–Crippen MR) is 148 cm³/mol. The second-order valence-corrected chi connectivity index (χ2v) is 9.63. The largest absolute Gasteiger partial charge is 0.370 e. The molecule has 0 amide bonds. The molecule has 1 aromatic heterocycles. The molecule has 2 aromatic carbocycles. The minimum absolute atomic E-state index is 0.605. The number of likely N-dealkylation sites (N-methyl/N-ethyl adjacent to an activating group) is 1. The molecule has 186 valence electrons. The molecule has 0 spiro atoms. The standard InChI is InChI=1S/C30H36N6/c1-6-8-26(25-11-9-23(19-31)10-12-25)17-22(3)30-33-32-21-36(30)29-14-13-27(18-24(29)7-2)35-16-15-28(20-35)34(4)5/h8-14,17-18,21,28H,6-7,15-16,20H2,1-5H3/b22-17+,26-8+. The maximum atomic E-state index is 9.14. The quantitative estimate of drug-likeness (QED) is 0.385. The van der Waals surface area contributed by atoms with Crippen molar-refractivity contribution in [2.24, 2.45) is 0 Å². The van der Waals surface area contributed by atoms with Crippen LogP contribution in [0, 0.1) is 11.3 Å². The maximum Gasteiger partial charge on any atom is 0.164 e. The molecule has 0 saturated carbocycles. The van der Waals surface area contributed by atoms with Crippen LogP contribution in [0.25, 0.3) is 16.8 Å². The molecule has 0 aliphatic carbocycles. The average molecular weight is 481 g/mol. The first-order valence-corrected chi connectivity index (χ1v) is 12.8. The van der Waals surface area contributed by atoms with Gasteiger partial charge in [-0.05, 0) is 99.0 Å². The summed E-state index contributed by atoms with van der Waals surface area (Å²) in [5.74, 6) is 0.835. The van der Waals surface area contributed by atoms with Gasteiger partial charge in [0.25, 0.3) is 0 Å². The monoisotopic (exact) mass is 480 g/mol. The minimum atomic E-state index is 0.605. The van der Waals surface area contributed by atoms with Crippen molar-refractivity contribution < 1.29 is 0 Å². The lowest BCUT2D eigenvalue weighted by Crippen LogP contribution is -2.31. The van der Waals surface area contributed by atoms with E-state index in [9.17, 15) is 0 Å². The van der Waals surface area contributed by atoms with E-state index in [0.29, 0.717) is 11.6 Å². The Morgan fingerprint density at radius 2 is 1.94 bits per heavy atom. The molecule has 1 saturated heterocycles. The van der Waals surface area contributed by atoms with Crippen molar-refractivity contribution in [2.75, 3.05) is 32.1 Å². The normalized spacial score (nSPS) is 16.6. The van der Waals surface area contributed by atoms with E-state index >= 15 is 0 Å². The molecule has 1 atom stereocenters. The number of hydrogen-bond acceptors (Lipinski definition) is 5. The highest BCUT2D eigenvalue weighted by atomic mass is 15.3. The van der Waals surface area contributed by atoms with Gasteiger partial charge in [-0.2, -0.15) is 5.26 Å². The third-order valence-electron chi connectivity index (χ3n) is 7.01. The smallest absolute Gasteiger partial charge is 0.164 e. The van der Waals surface area contributed by atoms with Crippen LogP contribution in [0.4, 0.5) is 5.69 Å². The van der Waals surface area contributed by atoms with Gasteiger partial charge in [-0.25, -0.2) is 0 Å². The summed E-state index contributed by atoms with van der Waals surface area (Å²) in [5, 5.41) is 17.9. The molecule has 1 unspecified atom stereocenters. The molecule has 0 radical (unpaired) electrons. The SMILES string of the molecule is CC/C=C(\C=C(/C)c1nncn1-c1ccc(N2CCC(N(C)C)C2)cc1CC)c1ccc(C#N)cc1. The molecule has 0 bridgehead atoms. The Hall–Kier alpha value is -3.69. The van der Waals surface area contributed by atoms with E-state index in [2.05, 4.69) is 95.9 Å². The zero-order valence-corrected chi connectivity index (χ0v) is 22.1. The number of nitriles is 1. The fourth-order valence-corrected chi connectivity index (χ4v) is 4.88. The van der Waals surface area contributed by atoms with Gasteiger partial charge in [0, 0.05) is 24.8 Å². The van der Waals surface area contributed by atoms with Gasteiger partial charge in [-0.15, -0.1) is 10.2 Å².